The smallest absolute Gasteiger partial charge is 0.408 e. The van der Waals surface area contributed by atoms with Gasteiger partial charge in [0.25, 0.3) is 0 Å². The Labute approximate surface area is 172 Å². The van der Waals surface area contributed by atoms with Gasteiger partial charge in [0, 0.05) is 44.5 Å². The van der Waals surface area contributed by atoms with Crippen molar-refractivity contribution in [2.75, 3.05) is 19.6 Å². The first-order valence-electron chi connectivity index (χ1n) is 9.40. The summed E-state index contributed by atoms with van der Waals surface area (Å²) in [7, 11) is 0. The summed E-state index contributed by atoms with van der Waals surface area (Å²) < 4.78 is 44.7. The Morgan fingerprint density at radius 3 is 2.77 bits per heavy atom. The summed E-state index contributed by atoms with van der Waals surface area (Å²) in [5, 5.41) is 8.91. The van der Waals surface area contributed by atoms with E-state index in [1.807, 2.05) is 17.9 Å². The van der Waals surface area contributed by atoms with Gasteiger partial charge in [0.15, 0.2) is 5.75 Å². The number of hydrogen-bond acceptors (Lipinski definition) is 5. The van der Waals surface area contributed by atoms with E-state index in [-0.39, 0.29) is 22.9 Å². The third-order valence-electron chi connectivity index (χ3n) is 5.14. The van der Waals surface area contributed by atoms with Crippen molar-refractivity contribution in [1.82, 2.24) is 14.8 Å². The number of hydrogen-bond donors (Lipinski definition) is 0. The van der Waals surface area contributed by atoms with Crippen LogP contribution in [0, 0.1) is 18.3 Å². The first-order valence-corrected chi connectivity index (χ1v) is 9.40. The molecule has 1 aliphatic rings. The van der Waals surface area contributed by atoms with Crippen LogP contribution in [0.5, 0.6) is 5.75 Å². The molecule has 1 fully saturated rings. The molecule has 1 amide bonds. The number of rotatable bonds is 3. The molecule has 1 atom stereocenters. The third kappa shape index (κ3) is 4.89. The van der Waals surface area contributed by atoms with Crippen molar-refractivity contribution in [2.24, 2.45) is 0 Å². The molecule has 6 nitrogen and oxygen atoms in total. The Balaban J connectivity index is 1.63. The van der Waals surface area contributed by atoms with Crippen molar-refractivity contribution < 1.29 is 22.7 Å². The van der Waals surface area contributed by atoms with Gasteiger partial charge in [0.05, 0.1) is 17.3 Å². The molecule has 0 saturated carbocycles. The topological polar surface area (TPSA) is 69.5 Å². The molecule has 2 heterocycles. The number of carbonyl (C=O) groups is 1. The number of benzene rings is 1. The SMILES string of the molecule is Cc1c(CN2CCN(C(=O)Oc3cncc(C#N)c3)C(C)C2)cccc1C(F)(F)F. The fraction of sp³-hybridized carbons (Fsp3) is 0.381. The molecule has 30 heavy (non-hydrogen) atoms. The molecule has 0 spiro atoms. The predicted molar refractivity (Wildman–Crippen MR) is 103 cm³/mol. The summed E-state index contributed by atoms with van der Waals surface area (Å²) in [5.74, 6) is 0.188. The molecular weight excluding hydrogens is 397 g/mol. The molecule has 3 rings (SSSR count). The van der Waals surface area contributed by atoms with E-state index in [1.54, 1.807) is 11.0 Å². The standard InChI is InChI=1S/C21H21F3N4O2/c1-14-12-27(13-17-4-3-5-19(15(17)2)21(22,23)24)6-7-28(14)20(29)30-18-8-16(9-25)10-26-11-18/h3-5,8,10-11,14H,6-7,12-13H2,1-2H3. The lowest BCUT2D eigenvalue weighted by Crippen LogP contribution is -2.54. The fourth-order valence-electron chi connectivity index (χ4n) is 3.55. The van der Waals surface area contributed by atoms with Gasteiger partial charge in [-0.25, -0.2) is 4.79 Å². The lowest BCUT2D eigenvalue weighted by molar-refractivity contribution is -0.138. The molecular formula is C21H21F3N4O2. The molecule has 2 aromatic rings. The molecule has 1 aromatic carbocycles. The normalized spacial score (nSPS) is 17.5. The van der Waals surface area contributed by atoms with E-state index < -0.39 is 17.8 Å². The molecule has 0 N–H and O–H groups in total. The van der Waals surface area contributed by atoms with Gasteiger partial charge in [-0.2, -0.15) is 18.4 Å². The van der Waals surface area contributed by atoms with Crippen LogP contribution in [0.25, 0.3) is 0 Å². The largest absolute Gasteiger partial charge is 0.416 e. The van der Waals surface area contributed by atoms with Gasteiger partial charge in [0.2, 0.25) is 0 Å². The van der Waals surface area contributed by atoms with Crippen molar-refractivity contribution in [1.29, 1.82) is 5.26 Å². The number of aromatic nitrogens is 1. The molecule has 1 aliphatic heterocycles. The van der Waals surface area contributed by atoms with Crippen LogP contribution in [-0.4, -0.2) is 46.6 Å². The summed E-state index contributed by atoms with van der Waals surface area (Å²) in [4.78, 5) is 19.9. The van der Waals surface area contributed by atoms with Crippen LogP contribution < -0.4 is 4.74 Å². The molecule has 9 heteroatoms. The first kappa shape index (κ1) is 21.6. The molecule has 0 bridgehead atoms. The number of nitrogens with zero attached hydrogens (tertiary/aromatic N) is 4. The molecule has 1 aromatic heterocycles. The van der Waals surface area contributed by atoms with E-state index in [9.17, 15) is 18.0 Å². The zero-order valence-corrected chi connectivity index (χ0v) is 16.6. The van der Waals surface area contributed by atoms with E-state index in [2.05, 4.69) is 4.98 Å². The third-order valence-corrected chi connectivity index (χ3v) is 5.14. The maximum Gasteiger partial charge on any atom is 0.416 e. The van der Waals surface area contributed by atoms with Crippen molar-refractivity contribution in [3.05, 3.63) is 58.9 Å². The van der Waals surface area contributed by atoms with E-state index in [1.165, 1.54) is 31.5 Å². The predicted octanol–water partition coefficient (Wildman–Crippen LogP) is 3.99. The maximum absolute atomic E-state index is 13.1. The molecule has 0 aliphatic carbocycles. The molecule has 0 radical (unpaired) electrons. The van der Waals surface area contributed by atoms with E-state index in [0.29, 0.717) is 31.7 Å². The Hall–Kier alpha value is -3.12. The number of piperazine rings is 1. The average molecular weight is 418 g/mol. The van der Waals surface area contributed by atoms with Gasteiger partial charge < -0.3 is 9.64 Å². The minimum atomic E-state index is -4.38. The quantitative estimate of drug-likeness (QED) is 0.754. The Morgan fingerprint density at radius 1 is 1.33 bits per heavy atom. The van der Waals surface area contributed by atoms with Crippen LogP contribution in [0.4, 0.5) is 18.0 Å². The van der Waals surface area contributed by atoms with Crippen LogP contribution >= 0.6 is 0 Å². The Kier molecular flexibility index (Phi) is 6.27. The van der Waals surface area contributed by atoms with Crippen molar-refractivity contribution in [3.8, 4) is 11.8 Å². The second-order valence-corrected chi connectivity index (χ2v) is 7.25. The van der Waals surface area contributed by atoms with Gasteiger partial charge >= 0.3 is 12.3 Å². The Bertz CT molecular complexity index is 971. The number of alkyl halides is 3. The van der Waals surface area contributed by atoms with Crippen LogP contribution in [0.2, 0.25) is 0 Å². The minimum absolute atomic E-state index is 0.188. The highest BCUT2D eigenvalue weighted by Gasteiger charge is 2.34. The highest BCUT2D eigenvalue weighted by Crippen LogP contribution is 2.33. The second kappa shape index (κ2) is 8.71. The van der Waals surface area contributed by atoms with Crippen molar-refractivity contribution in [2.45, 2.75) is 32.6 Å². The van der Waals surface area contributed by atoms with Gasteiger partial charge in [-0.1, -0.05) is 12.1 Å². The van der Waals surface area contributed by atoms with Crippen LogP contribution in [-0.2, 0) is 12.7 Å². The highest BCUT2D eigenvalue weighted by atomic mass is 19.4. The van der Waals surface area contributed by atoms with Gasteiger partial charge in [-0.15, -0.1) is 0 Å². The first-order chi connectivity index (χ1) is 14.2. The minimum Gasteiger partial charge on any atom is -0.408 e. The highest BCUT2D eigenvalue weighted by molar-refractivity contribution is 5.71. The average Bonchev–Trinajstić information content (AvgIpc) is 2.69. The summed E-state index contributed by atoms with van der Waals surface area (Å²) in [6.45, 7) is 5.10. The fourth-order valence-corrected chi connectivity index (χ4v) is 3.55. The lowest BCUT2D eigenvalue weighted by atomic mass is 10.0. The summed E-state index contributed by atoms with van der Waals surface area (Å²) >= 11 is 0. The maximum atomic E-state index is 13.1. The zero-order valence-electron chi connectivity index (χ0n) is 16.6. The van der Waals surface area contributed by atoms with Gasteiger partial charge in [0.1, 0.15) is 6.07 Å². The number of pyridine rings is 1. The van der Waals surface area contributed by atoms with Gasteiger partial charge in [-0.05, 0) is 31.0 Å². The lowest BCUT2D eigenvalue weighted by Gasteiger charge is -2.39. The van der Waals surface area contributed by atoms with Crippen molar-refractivity contribution >= 4 is 6.09 Å². The number of nitriles is 1. The molecule has 1 saturated heterocycles. The number of ether oxygens (including phenoxy) is 1. The second-order valence-electron chi connectivity index (χ2n) is 7.25. The zero-order chi connectivity index (χ0) is 21.9. The Morgan fingerprint density at radius 2 is 2.10 bits per heavy atom. The number of amides is 1. The monoisotopic (exact) mass is 418 g/mol. The van der Waals surface area contributed by atoms with E-state index >= 15 is 0 Å². The summed E-state index contributed by atoms with van der Waals surface area (Å²) in [6, 6.07) is 7.38. The van der Waals surface area contributed by atoms with Crippen LogP contribution in [0.15, 0.2) is 36.7 Å². The van der Waals surface area contributed by atoms with E-state index in [4.69, 9.17) is 10.00 Å². The van der Waals surface area contributed by atoms with E-state index in [0.717, 1.165) is 6.07 Å². The van der Waals surface area contributed by atoms with Gasteiger partial charge in [-0.3, -0.25) is 9.88 Å². The summed E-state index contributed by atoms with van der Waals surface area (Å²) in [6.07, 6.45) is -2.20. The number of carbonyl (C=O) groups excluding carboxylic acids is 1. The van der Waals surface area contributed by atoms with Crippen LogP contribution in [0.3, 0.4) is 0 Å². The number of halogens is 3. The molecule has 158 valence electrons. The van der Waals surface area contributed by atoms with Crippen LogP contribution in [0.1, 0.15) is 29.2 Å². The summed E-state index contributed by atoms with van der Waals surface area (Å²) in [5.41, 5.74) is 0.509. The molecule has 1 unspecified atom stereocenters. The van der Waals surface area contributed by atoms with Crippen molar-refractivity contribution in [3.63, 3.8) is 0 Å².